The molecule has 1 saturated heterocycles. The van der Waals surface area contributed by atoms with Crippen molar-refractivity contribution in [1.29, 1.82) is 0 Å². The molecule has 9 heteroatoms. The third-order valence-electron chi connectivity index (χ3n) is 4.45. The number of alkyl carbamates (subject to hydrolysis) is 1. The molecular weight excluding hydrogens is 378 g/mol. The van der Waals surface area contributed by atoms with E-state index in [4.69, 9.17) is 9.84 Å². The van der Waals surface area contributed by atoms with E-state index in [1.807, 2.05) is 19.9 Å². The lowest BCUT2D eigenvalue weighted by molar-refractivity contribution is -0.144. The summed E-state index contributed by atoms with van der Waals surface area (Å²) in [6.07, 6.45) is -0.382. The molecular formula is C20H27N3O6. The largest absolute Gasteiger partial charge is 0.481 e. The average molecular weight is 405 g/mol. The number of nitrogens with zero attached hydrogens (tertiary/aromatic N) is 1. The van der Waals surface area contributed by atoms with Gasteiger partial charge in [0, 0.05) is 12.6 Å². The van der Waals surface area contributed by atoms with Crippen LogP contribution >= 0.6 is 0 Å². The number of ether oxygens (including phenoxy) is 1. The number of carbonyl (C=O) groups is 4. The molecule has 1 aromatic rings. The highest BCUT2D eigenvalue weighted by Crippen LogP contribution is 2.19. The van der Waals surface area contributed by atoms with Crippen molar-refractivity contribution in [2.45, 2.75) is 57.8 Å². The Bertz CT molecular complexity index is 737. The van der Waals surface area contributed by atoms with Crippen molar-refractivity contribution in [3.63, 3.8) is 0 Å². The van der Waals surface area contributed by atoms with Gasteiger partial charge in [-0.1, -0.05) is 30.3 Å². The second-order valence-electron chi connectivity index (χ2n) is 7.21. The van der Waals surface area contributed by atoms with E-state index in [2.05, 4.69) is 10.6 Å². The van der Waals surface area contributed by atoms with Crippen LogP contribution in [0.2, 0.25) is 0 Å². The van der Waals surface area contributed by atoms with Crippen LogP contribution in [0.25, 0.3) is 0 Å². The monoisotopic (exact) mass is 405 g/mol. The number of carboxylic acids is 1. The van der Waals surface area contributed by atoms with Gasteiger partial charge in [-0.15, -0.1) is 0 Å². The van der Waals surface area contributed by atoms with E-state index in [9.17, 15) is 19.2 Å². The van der Waals surface area contributed by atoms with Crippen molar-refractivity contribution in [3.8, 4) is 0 Å². The Kier molecular flexibility index (Phi) is 7.99. The molecule has 0 bridgehead atoms. The van der Waals surface area contributed by atoms with Gasteiger partial charge in [0.2, 0.25) is 11.8 Å². The van der Waals surface area contributed by atoms with Gasteiger partial charge >= 0.3 is 12.1 Å². The molecule has 0 spiro atoms. The summed E-state index contributed by atoms with van der Waals surface area (Å²) in [4.78, 5) is 49.9. The third kappa shape index (κ3) is 6.78. The van der Waals surface area contributed by atoms with Gasteiger partial charge in [-0.3, -0.25) is 14.4 Å². The molecule has 9 nitrogen and oxygen atoms in total. The Morgan fingerprint density at radius 1 is 1.17 bits per heavy atom. The van der Waals surface area contributed by atoms with Crippen LogP contribution in [0.4, 0.5) is 4.79 Å². The molecule has 2 atom stereocenters. The minimum absolute atomic E-state index is 0.0101. The number of rotatable bonds is 8. The summed E-state index contributed by atoms with van der Waals surface area (Å²) in [6.45, 7) is 3.95. The zero-order chi connectivity index (χ0) is 21.4. The first-order valence-electron chi connectivity index (χ1n) is 9.57. The highest BCUT2D eigenvalue weighted by Gasteiger charge is 2.38. The van der Waals surface area contributed by atoms with Gasteiger partial charge in [0.05, 0.1) is 6.42 Å². The van der Waals surface area contributed by atoms with Gasteiger partial charge in [0.15, 0.2) is 0 Å². The first-order chi connectivity index (χ1) is 13.8. The number of aliphatic carboxylic acids is 1. The number of benzene rings is 1. The number of carboxylic acid groups (broad SMARTS) is 1. The second kappa shape index (κ2) is 10.4. The highest BCUT2D eigenvalue weighted by molar-refractivity contribution is 5.93. The predicted molar refractivity (Wildman–Crippen MR) is 104 cm³/mol. The molecule has 3 N–H and O–H groups in total. The summed E-state index contributed by atoms with van der Waals surface area (Å²) in [5.74, 6) is -2.13. The van der Waals surface area contributed by atoms with E-state index >= 15 is 0 Å². The number of hydrogen-bond donors (Lipinski definition) is 3. The zero-order valence-corrected chi connectivity index (χ0v) is 16.6. The quantitative estimate of drug-likeness (QED) is 0.598. The summed E-state index contributed by atoms with van der Waals surface area (Å²) in [5, 5.41) is 14.2. The number of nitrogens with one attached hydrogen (secondary N) is 2. The van der Waals surface area contributed by atoms with Gasteiger partial charge in [0.1, 0.15) is 18.7 Å². The Labute approximate surface area is 169 Å². The van der Waals surface area contributed by atoms with Crippen LogP contribution in [0.15, 0.2) is 30.3 Å². The van der Waals surface area contributed by atoms with Crippen molar-refractivity contribution in [1.82, 2.24) is 15.5 Å². The molecule has 1 heterocycles. The topological polar surface area (TPSA) is 125 Å². The standard InChI is InChI=1S/C20H27N3O6/c1-13(2)21-18(26)16-9-6-10-23(16)19(27)15(11-17(24)25)22-20(28)29-12-14-7-4-3-5-8-14/h3-5,7-8,13,15-16H,6,9-12H2,1-2H3,(H,21,26)(H,22,28)(H,24,25)/t15-,16-/m0/s1. The molecule has 29 heavy (non-hydrogen) atoms. The maximum absolute atomic E-state index is 12.9. The molecule has 1 aliphatic rings. The molecule has 0 aliphatic carbocycles. The van der Waals surface area contributed by atoms with E-state index in [0.29, 0.717) is 19.4 Å². The van der Waals surface area contributed by atoms with Crippen LogP contribution < -0.4 is 10.6 Å². The number of likely N-dealkylation sites (tertiary alicyclic amines) is 1. The summed E-state index contributed by atoms with van der Waals surface area (Å²) < 4.78 is 5.09. The molecule has 0 unspecified atom stereocenters. The van der Waals surface area contributed by atoms with Gasteiger partial charge in [-0.2, -0.15) is 0 Å². The lowest BCUT2D eigenvalue weighted by atomic mass is 10.1. The Balaban J connectivity index is 2.02. The molecule has 158 valence electrons. The Hall–Kier alpha value is -3.10. The van der Waals surface area contributed by atoms with Crippen molar-refractivity contribution in [2.75, 3.05) is 6.54 Å². The number of amides is 3. The molecule has 1 aliphatic heterocycles. The number of carbonyl (C=O) groups excluding carboxylic acids is 3. The van der Waals surface area contributed by atoms with E-state index in [1.54, 1.807) is 24.3 Å². The van der Waals surface area contributed by atoms with Gasteiger partial charge in [-0.05, 0) is 32.3 Å². The summed E-state index contributed by atoms with van der Waals surface area (Å²) in [7, 11) is 0. The Morgan fingerprint density at radius 2 is 1.86 bits per heavy atom. The van der Waals surface area contributed by atoms with Gasteiger partial charge < -0.3 is 25.4 Å². The van der Waals surface area contributed by atoms with Crippen LogP contribution in [0.5, 0.6) is 0 Å². The molecule has 1 aromatic carbocycles. The van der Waals surface area contributed by atoms with Crippen molar-refractivity contribution >= 4 is 23.9 Å². The summed E-state index contributed by atoms with van der Waals surface area (Å²) >= 11 is 0. The maximum atomic E-state index is 12.9. The van der Waals surface area contributed by atoms with E-state index in [0.717, 1.165) is 5.56 Å². The van der Waals surface area contributed by atoms with Gasteiger partial charge in [-0.25, -0.2) is 4.79 Å². The van der Waals surface area contributed by atoms with Gasteiger partial charge in [0.25, 0.3) is 0 Å². The molecule has 0 radical (unpaired) electrons. The normalized spacial score (nSPS) is 16.9. The summed E-state index contributed by atoms with van der Waals surface area (Å²) in [6, 6.07) is 6.89. The van der Waals surface area contributed by atoms with E-state index in [1.165, 1.54) is 4.90 Å². The lowest BCUT2D eigenvalue weighted by Crippen LogP contribution is -2.54. The second-order valence-corrected chi connectivity index (χ2v) is 7.21. The SMILES string of the molecule is CC(C)NC(=O)[C@@H]1CCCN1C(=O)[C@H](CC(=O)O)NC(=O)OCc1ccccc1. The fourth-order valence-electron chi connectivity index (χ4n) is 3.17. The first-order valence-corrected chi connectivity index (χ1v) is 9.57. The first kappa shape index (κ1) is 22.2. The van der Waals surface area contributed by atoms with Crippen LogP contribution in [0.3, 0.4) is 0 Å². The average Bonchev–Trinajstić information content (AvgIpc) is 3.15. The van der Waals surface area contributed by atoms with E-state index in [-0.39, 0.29) is 18.6 Å². The minimum atomic E-state index is -1.32. The molecule has 1 fully saturated rings. The van der Waals surface area contributed by atoms with Crippen LogP contribution in [-0.2, 0) is 25.7 Å². The van der Waals surface area contributed by atoms with Crippen LogP contribution in [0, 0.1) is 0 Å². The minimum Gasteiger partial charge on any atom is -0.481 e. The Morgan fingerprint density at radius 3 is 2.48 bits per heavy atom. The fourth-order valence-corrected chi connectivity index (χ4v) is 3.17. The maximum Gasteiger partial charge on any atom is 0.408 e. The predicted octanol–water partition coefficient (Wildman–Crippen LogP) is 1.27. The third-order valence-corrected chi connectivity index (χ3v) is 4.45. The van der Waals surface area contributed by atoms with Crippen LogP contribution in [0.1, 0.15) is 38.7 Å². The lowest BCUT2D eigenvalue weighted by Gasteiger charge is -2.28. The van der Waals surface area contributed by atoms with Crippen molar-refractivity contribution in [3.05, 3.63) is 35.9 Å². The molecule has 0 aromatic heterocycles. The number of hydrogen-bond acceptors (Lipinski definition) is 5. The molecule has 2 rings (SSSR count). The van der Waals surface area contributed by atoms with Crippen molar-refractivity contribution < 1.29 is 29.0 Å². The molecule has 3 amide bonds. The van der Waals surface area contributed by atoms with E-state index < -0.39 is 36.5 Å². The smallest absolute Gasteiger partial charge is 0.408 e. The fraction of sp³-hybridized carbons (Fsp3) is 0.500. The molecule has 0 saturated carbocycles. The highest BCUT2D eigenvalue weighted by atomic mass is 16.5. The zero-order valence-electron chi connectivity index (χ0n) is 16.6. The summed E-state index contributed by atoms with van der Waals surface area (Å²) in [5.41, 5.74) is 0.758. The van der Waals surface area contributed by atoms with Crippen LogP contribution in [-0.4, -0.2) is 58.6 Å². The van der Waals surface area contributed by atoms with Crippen molar-refractivity contribution in [2.24, 2.45) is 0 Å².